The minimum atomic E-state index is -1.40. The van der Waals surface area contributed by atoms with Gasteiger partial charge in [0.1, 0.15) is 12.7 Å². The largest absolute Gasteiger partial charge is 0.469 e. The Morgan fingerprint density at radius 1 is 0.705 bits per heavy atom. The van der Waals surface area contributed by atoms with Crippen molar-refractivity contribution >= 4 is 23.9 Å². The van der Waals surface area contributed by atoms with Gasteiger partial charge in [-0.25, -0.2) is 0 Å². The molecule has 1 fully saturated rings. The van der Waals surface area contributed by atoms with Gasteiger partial charge in [0.05, 0.1) is 34.0 Å². The minimum Gasteiger partial charge on any atom is -0.469 e. The maximum Gasteiger partial charge on any atom is 0.311 e. The lowest BCUT2D eigenvalue weighted by molar-refractivity contribution is -0.301. The molecule has 0 aliphatic carbocycles. The third-order valence-electron chi connectivity index (χ3n) is 6.77. The standard InChI is InChI=1S/C33H56O11/c1-15-20(34)19(2)16-17-39-25-24(44-29(38)33(12,13)14)23(43-28(37)32(9,10)11)22(42-27(36)31(6,7)8)21(41-25)18-40-26(35)30(3,4)5/h16-17,19-25,34H,15,18H2,1-14H3/b17-16+/t19-,20+,21-,22-,23+,24-,25-/m1/s1. The van der Waals surface area contributed by atoms with E-state index in [0.717, 1.165) is 0 Å². The minimum absolute atomic E-state index is 0.280. The molecule has 1 heterocycles. The van der Waals surface area contributed by atoms with Crippen molar-refractivity contribution in [3.05, 3.63) is 12.3 Å². The van der Waals surface area contributed by atoms with Gasteiger partial charge in [0, 0.05) is 5.92 Å². The molecule has 1 N–H and O–H groups in total. The number of carbonyl (C=O) groups is 4. The predicted molar refractivity (Wildman–Crippen MR) is 163 cm³/mol. The van der Waals surface area contributed by atoms with Crippen LogP contribution in [0.3, 0.4) is 0 Å². The summed E-state index contributed by atoms with van der Waals surface area (Å²) in [6, 6.07) is 0. The zero-order valence-electron chi connectivity index (χ0n) is 29.1. The average Bonchev–Trinajstić information content (AvgIpc) is 2.87. The summed E-state index contributed by atoms with van der Waals surface area (Å²) in [5.41, 5.74) is -3.75. The summed E-state index contributed by atoms with van der Waals surface area (Å²) >= 11 is 0. The molecular formula is C33H56O11. The van der Waals surface area contributed by atoms with E-state index in [1.807, 2.05) is 6.92 Å². The Bertz CT molecular complexity index is 1020. The molecule has 0 saturated carbocycles. The van der Waals surface area contributed by atoms with Crippen LogP contribution in [0.25, 0.3) is 0 Å². The van der Waals surface area contributed by atoms with Crippen LogP contribution < -0.4 is 0 Å². The van der Waals surface area contributed by atoms with Crippen LogP contribution in [-0.2, 0) is 47.6 Å². The van der Waals surface area contributed by atoms with Crippen LogP contribution >= 0.6 is 0 Å². The summed E-state index contributed by atoms with van der Waals surface area (Å²) in [7, 11) is 0. The SMILES string of the molecule is CC[C@H](O)[C@H](C)/C=C/O[C@@H]1O[C@H](COC(=O)C(C)(C)C)[C@@H](OC(=O)C(C)(C)C)[C@H](OC(=O)C(C)(C)C)[C@H]1OC(=O)C(C)(C)C. The van der Waals surface area contributed by atoms with E-state index in [9.17, 15) is 24.3 Å². The van der Waals surface area contributed by atoms with Crippen LogP contribution in [0.1, 0.15) is 103 Å². The second kappa shape index (κ2) is 15.1. The molecule has 1 rings (SSSR count). The molecular weight excluding hydrogens is 572 g/mol. The molecule has 0 aromatic carbocycles. The average molecular weight is 629 g/mol. The van der Waals surface area contributed by atoms with Gasteiger partial charge in [-0.05, 0) is 95.6 Å². The topological polar surface area (TPSA) is 144 Å². The van der Waals surface area contributed by atoms with Gasteiger partial charge in [-0.15, -0.1) is 0 Å². The van der Waals surface area contributed by atoms with Crippen molar-refractivity contribution in [2.24, 2.45) is 27.6 Å². The van der Waals surface area contributed by atoms with Gasteiger partial charge in [-0.3, -0.25) is 19.2 Å². The molecule has 0 unspecified atom stereocenters. The monoisotopic (exact) mass is 628 g/mol. The van der Waals surface area contributed by atoms with Crippen molar-refractivity contribution in [2.75, 3.05) is 6.61 Å². The van der Waals surface area contributed by atoms with Crippen LogP contribution in [0.5, 0.6) is 0 Å². The zero-order valence-corrected chi connectivity index (χ0v) is 29.1. The summed E-state index contributed by atoms with van der Waals surface area (Å²) in [5.74, 6) is -2.76. The Kier molecular flexibility index (Phi) is 13.5. The van der Waals surface area contributed by atoms with Crippen molar-refractivity contribution in [1.29, 1.82) is 0 Å². The first-order valence-corrected chi connectivity index (χ1v) is 15.3. The molecule has 254 valence electrons. The molecule has 11 heteroatoms. The van der Waals surface area contributed by atoms with Crippen molar-refractivity contribution in [1.82, 2.24) is 0 Å². The second-order valence-electron chi connectivity index (χ2n) is 15.6. The number of aliphatic hydroxyl groups excluding tert-OH is 1. The first-order chi connectivity index (χ1) is 19.8. The predicted octanol–water partition coefficient (Wildman–Crippen LogP) is 5.11. The van der Waals surface area contributed by atoms with E-state index in [2.05, 4.69) is 0 Å². The van der Waals surface area contributed by atoms with Gasteiger partial charge < -0.3 is 33.5 Å². The Labute approximate surface area is 263 Å². The van der Waals surface area contributed by atoms with Crippen molar-refractivity contribution in [3.8, 4) is 0 Å². The molecule has 7 atom stereocenters. The fourth-order valence-electron chi connectivity index (χ4n) is 3.55. The zero-order chi connectivity index (χ0) is 34.4. The van der Waals surface area contributed by atoms with Crippen molar-refractivity contribution in [3.63, 3.8) is 0 Å². The first-order valence-electron chi connectivity index (χ1n) is 15.3. The van der Waals surface area contributed by atoms with Crippen molar-refractivity contribution in [2.45, 2.75) is 140 Å². The van der Waals surface area contributed by atoms with Crippen LogP contribution in [0.4, 0.5) is 0 Å². The van der Waals surface area contributed by atoms with E-state index in [4.69, 9.17) is 28.4 Å². The highest BCUT2D eigenvalue weighted by Crippen LogP contribution is 2.34. The smallest absolute Gasteiger partial charge is 0.311 e. The fourth-order valence-corrected chi connectivity index (χ4v) is 3.55. The molecule has 0 aromatic heterocycles. The third kappa shape index (κ3) is 11.7. The number of carbonyl (C=O) groups excluding carboxylic acids is 4. The van der Waals surface area contributed by atoms with Gasteiger partial charge in [0.15, 0.2) is 12.2 Å². The molecule has 0 bridgehead atoms. The van der Waals surface area contributed by atoms with Crippen LogP contribution in [-0.4, -0.2) is 72.4 Å². The lowest BCUT2D eigenvalue weighted by Gasteiger charge is -2.45. The molecule has 0 spiro atoms. The number of aliphatic hydroxyl groups is 1. The molecule has 44 heavy (non-hydrogen) atoms. The maximum absolute atomic E-state index is 13.3. The normalized spacial score (nSPS) is 24.7. The van der Waals surface area contributed by atoms with Crippen molar-refractivity contribution < 1.29 is 52.7 Å². The third-order valence-corrected chi connectivity index (χ3v) is 6.77. The highest BCUT2D eigenvalue weighted by Gasteiger charge is 2.55. The molecule has 11 nitrogen and oxygen atoms in total. The molecule has 0 aromatic rings. The molecule has 0 amide bonds. The van der Waals surface area contributed by atoms with Gasteiger partial charge in [0.2, 0.25) is 12.4 Å². The van der Waals surface area contributed by atoms with E-state index < -0.39 is 82.3 Å². The van der Waals surface area contributed by atoms with Crippen LogP contribution in [0.15, 0.2) is 12.3 Å². The number of rotatable bonds is 10. The summed E-state index contributed by atoms with van der Waals surface area (Å²) in [4.78, 5) is 52.4. The fraction of sp³-hybridized carbons (Fsp3) is 0.818. The quantitative estimate of drug-likeness (QED) is 0.196. The number of hydrogen-bond acceptors (Lipinski definition) is 11. The second-order valence-corrected chi connectivity index (χ2v) is 15.6. The van der Waals surface area contributed by atoms with E-state index in [1.54, 1.807) is 96.1 Å². The Morgan fingerprint density at radius 2 is 1.11 bits per heavy atom. The maximum atomic E-state index is 13.3. The molecule has 0 radical (unpaired) electrons. The van der Waals surface area contributed by atoms with E-state index in [1.165, 1.54) is 6.26 Å². The van der Waals surface area contributed by atoms with Crippen LogP contribution in [0.2, 0.25) is 0 Å². The lowest BCUT2D eigenvalue weighted by Crippen LogP contribution is -2.64. The number of ether oxygens (including phenoxy) is 6. The molecule has 1 aliphatic heterocycles. The summed E-state index contributed by atoms with van der Waals surface area (Å²) < 4.78 is 35.5. The lowest BCUT2D eigenvalue weighted by atomic mass is 9.93. The Morgan fingerprint density at radius 3 is 1.52 bits per heavy atom. The van der Waals surface area contributed by atoms with Crippen LogP contribution in [0, 0.1) is 27.6 Å². The summed E-state index contributed by atoms with van der Waals surface area (Å²) in [5, 5.41) is 10.2. The Balaban J connectivity index is 3.76. The van der Waals surface area contributed by atoms with E-state index in [0.29, 0.717) is 6.42 Å². The Hall–Kier alpha value is -2.66. The highest BCUT2D eigenvalue weighted by atomic mass is 16.7. The summed E-state index contributed by atoms with van der Waals surface area (Å²) in [6.45, 7) is 23.2. The summed E-state index contributed by atoms with van der Waals surface area (Å²) in [6.07, 6.45) is -3.85. The van der Waals surface area contributed by atoms with Gasteiger partial charge in [0.25, 0.3) is 0 Å². The molecule has 1 saturated heterocycles. The molecule has 1 aliphatic rings. The van der Waals surface area contributed by atoms with Gasteiger partial charge in [-0.2, -0.15) is 0 Å². The van der Waals surface area contributed by atoms with E-state index >= 15 is 0 Å². The van der Waals surface area contributed by atoms with Gasteiger partial charge >= 0.3 is 23.9 Å². The highest BCUT2D eigenvalue weighted by molar-refractivity contribution is 5.78. The van der Waals surface area contributed by atoms with E-state index in [-0.39, 0.29) is 12.5 Å². The first kappa shape index (κ1) is 39.4. The number of hydrogen-bond donors (Lipinski definition) is 1. The number of esters is 4. The van der Waals surface area contributed by atoms with Gasteiger partial charge in [-0.1, -0.05) is 13.8 Å².